The van der Waals surface area contributed by atoms with Gasteiger partial charge in [0.25, 0.3) is 5.91 Å². The molecule has 1 fully saturated rings. The van der Waals surface area contributed by atoms with Crippen molar-refractivity contribution in [1.29, 1.82) is 0 Å². The van der Waals surface area contributed by atoms with Gasteiger partial charge in [-0.05, 0) is 50.1 Å². The van der Waals surface area contributed by atoms with E-state index in [9.17, 15) is 9.59 Å². The Hall–Kier alpha value is -3.02. The quantitative estimate of drug-likeness (QED) is 0.903. The molecule has 1 atom stereocenters. The second kappa shape index (κ2) is 6.61. The third kappa shape index (κ3) is 3.01. The van der Waals surface area contributed by atoms with Crippen LogP contribution < -0.4 is 19.9 Å². The van der Waals surface area contributed by atoms with E-state index in [4.69, 9.17) is 4.74 Å². The van der Waals surface area contributed by atoms with Crippen LogP contribution in [0.3, 0.4) is 0 Å². The number of benzene rings is 2. The van der Waals surface area contributed by atoms with Crippen LogP contribution in [0.25, 0.3) is 0 Å². The van der Waals surface area contributed by atoms with Gasteiger partial charge in [-0.1, -0.05) is 12.1 Å². The minimum absolute atomic E-state index is 0.0839. The van der Waals surface area contributed by atoms with E-state index in [2.05, 4.69) is 10.2 Å². The molecule has 0 aromatic heterocycles. The lowest BCUT2D eigenvalue weighted by molar-refractivity contribution is -0.119. The molecule has 6 nitrogen and oxygen atoms in total. The number of ether oxygens (including phenoxy) is 1. The highest BCUT2D eigenvalue weighted by molar-refractivity contribution is 6.09. The maximum absolute atomic E-state index is 12.8. The highest BCUT2D eigenvalue weighted by atomic mass is 16.5. The van der Waals surface area contributed by atoms with Crippen LogP contribution in [0.1, 0.15) is 30.1 Å². The number of hydrogen-bond donors (Lipinski definition) is 1. The van der Waals surface area contributed by atoms with Crippen molar-refractivity contribution in [3.8, 4) is 5.75 Å². The summed E-state index contributed by atoms with van der Waals surface area (Å²) in [5, 5.41) is 2.91. The molecule has 2 amide bonds. The number of carbonyl (C=O) groups is 2. The summed E-state index contributed by atoms with van der Waals surface area (Å²) in [6, 6.07) is 13.0. The summed E-state index contributed by atoms with van der Waals surface area (Å²) < 4.78 is 5.30. The largest absolute Gasteiger partial charge is 0.495 e. The maximum Gasteiger partial charge on any atom is 0.255 e. The van der Waals surface area contributed by atoms with E-state index in [0.717, 1.165) is 24.2 Å². The normalized spacial score (nSPS) is 18.9. The summed E-state index contributed by atoms with van der Waals surface area (Å²) in [5.74, 6) is 0.494. The third-order valence-electron chi connectivity index (χ3n) is 5.28. The number of hydrogen-bond acceptors (Lipinski definition) is 4. The average Bonchev–Trinajstić information content (AvgIpc) is 3.51. The van der Waals surface area contributed by atoms with Gasteiger partial charge in [0.15, 0.2) is 0 Å². The first-order chi connectivity index (χ1) is 13.0. The molecule has 0 saturated heterocycles. The minimum Gasteiger partial charge on any atom is -0.495 e. The zero-order chi connectivity index (χ0) is 19.1. The molecular formula is C21H23N3O3. The molecule has 27 heavy (non-hydrogen) atoms. The van der Waals surface area contributed by atoms with E-state index in [1.165, 1.54) is 0 Å². The lowest BCUT2D eigenvalue weighted by atomic mass is 10.0. The molecule has 1 aliphatic carbocycles. The molecular weight excluding hydrogens is 342 g/mol. The van der Waals surface area contributed by atoms with Gasteiger partial charge in [0.2, 0.25) is 5.91 Å². The Bertz CT molecular complexity index is 907. The van der Waals surface area contributed by atoms with E-state index in [0.29, 0.717) is 23.0 Å². The molecule has 1 unspecified atom stereocenters. The molecule has 1 N–H and O–H groups in total. The second-order valence-electron chi connectivity index (χ2n) is 7.07. The standard InChI is InChI=1S/C21H23N3O3/c1-13-21(26)23(2)17-11-8-14(12-18(17)24(13)15-9-10-15)20(25)22-16-6-4-5-7-19(16)27-3/h4-8,11-13,15H,9-10H2,1-3H3,(H,22,25). The lowest BCUT2D eigenvalue weighted by Crippen LogP contribution is -2.51. The highest BCUT2D eigenvalue weighted by Crippen LogP contribution is 2.42. The predicted octanol–water partition coefficient (Wildman–Crippen LogP) is 3.28. The summed E-state index contributed by atoms with van der Waals surface area (Å²) in [4.78, 5) is 29.2. The van der Waals surface area contributed by atoms with Crippen LogP contribution in [0.5, 0.6) is 5.75 Å². The van der Waals surface area contributed by atoms with Gasteiger partial charge in [0.1, 0.15) is 11.8 Å². The van der Waals surface area contributed by atoms with E-state index < -0.39 is 0 Å². The number of anilines is 3. The number of fused-ring (bicyclic) bond motifs is 1. The molecule has 140 valence electrons. The average molecular weight is 365 g/mol. The van der Waals surface area contributed by atoms with E-state index in [-0.39, 0.29) is 17.9 Å². The Labute approximate surface area is 158 Å². The van der Waals surface area contributed by atoms with Crippen molar-refractivity contribution in [1.82, 2.24) is 0 Å². The van der Waals surface area contributed by atoms with Gasteiger partial charge in [-0.2, -0.15) is 0 Å². The molecule has 1 heterocycles. The summed E-state index contributed by atoms with van der Waals surface area (Å²) in [5.41, 5.74) is 2.97. The van der Waals surface area contributed by atoms with Crippen LogP contribution in [0.2, 0.25) is 0 Å². The van der Waals surface area contributed by atoms with Crippen molar-refractivity contribution in [3.05, 3.63) is 48.0 Å². The predicted molar refractivity (Wildman–Crippen MR) is 106 cm³/mol. The van der Waals surface area contributed by atoms with Crippen LogP contribution in [0.4, 0.5) is 17.1 Å². The van der Waals surface area contributed by atoms with Crippen molar-refractivity contribution in [3.63, 3.8) is 0 Å². The van der Waals surface area contributed by atoms with Crippen LogP contribution in [0.15, 0.2) is 42.5 Å². The number of rotatable bonds is 4. The van der Waals surface area contributed by atoms with Gasteiger partial charge in [-0.25, -0.2) is 0 Å². The molecule has 2 aliphatic rings. The Morgan fingerprint density at radius 1 is 1.15 bits per heavy atom. The Kier molecular flexibility index (Phi) is 4.26. The third-order valence-corrected chi connectivity index (χ3v) is 5.28. The zero-order valence-corrected chi connectivity index (χ0v) is 15.7. The Morgan fingerprint density at radius 2 is 1.89 bits per heavy atom. The number of amides is 2. The molecule has 0 spiro atoms. The molecule has 1 saturated carbocycles. The molecule has 6 heteroatoms. The first-order valence-electron chi connectivity index (χ1n) is 9.15. The van der Waals surface area contributed by atoms with Crippen molar-refractivity contribution in [2.75, 3.05) is 29.3 Å². The smallest absolute Gasteiger partial charge is 0.255 e. The van der Waals surface area contributed by atoms with Crippen LogP contribution >= 0.6 is 0 Å². The van der Waals surface area contributed by atoms with E-state index in [1.54, 1.807) is 37.3 Å². The monoisotopic (exact) mass is 365 g/mol. The number of likely N-dealkylation sites (N-methyl/N-ethyl adjacent to an activating group) is 1. The van der Waals surface area contributed by atoms with Gasteiger partial charge in [0.05, 0.1) is 24.2 Å². The SMILES string of the molecule is COc1ccccc1NC(=O)c1ccc2c(c1)N(C1CC1)C(C)C(=O)N2C. The topological polar surface area (TPSA) is 61.9 Å². The number of nitrogens with one attached hydrogen (secondary N) is 1. The summed E-state index contributed by atoms with van der Waals surface area (Å²) in [6.45, 7) is 1.93. The fourth-order valence-corrected chi connectivity index (χ4v) is 3.69. The highest BCUT2D eigenvalue weighted by Gasteiger charge is 2.41. The Balaban J connectivity index is 1.67. The minimum atomic E-state index is -0.220. The van der Waals surface area contributed by atoms with Gasteiger partial charge < -0.3 is 19.9 Å². The first-order valence-corrected chi connectivity index (χ1v) is 9.15. The van der Waals surface area contributed by atoms with Gasteiger partial charge >= 0.3 is 0 Å². The van der Waals surface area contributed by atoms with E-state index >= 15 is 0 Å². The molecule has 2 aromatic rings. The molecule has 0 radical (unpaired) electrons. The van der Waals surface area contributed by atoms with Crippen molar-refractivity contribution < 1.29 is 14.3 Å². The van der Waals surface area contributed by atoms with Crippen LogP contribution in [-0.4, -0.2) is 38.1 Å². The summed E-state index contributed by atoms with van der Waals surface area (Å²) in [7, 11) is 3.36. The number of para-hydroxylation sites is 2. The lowest BCUT2D eigenvalue weighted by Gasteiger charge is -2.40. The Morgan fingerprint density at radius 3 is 2.59 bits per heavy atom. The maximum atomic E-state index is 12.8. The fourth-order valence-electron chi connectivity index (χ4n) is 3.69. The van der Waals surface area contributed by atoms with Crippen LogP contribution in [-0.2, 0) is 4.79 Å². The number of carbonyl (C=O) groups excluding carboxylic acids is 2. The van der Waals surface area contributed by atoms with Crippen molar-refractivity contribution in [2.24, 2.45) is 0 Å². The molecule has 0 bridgehead atoms. The van der Waals surface area contributed by atoms with Gasteiger partial charge in [-0.3, -0.25) is 9.59 Å². The van der Waals surface area contributed by atoms with Gasteiger partial charge in [0, 0.05) is 18.7 Å². The number of methoxy groups -OCH3 is 1. The second-order valence-corrected chi connectivity index (χ2v) is 7.07. The van der Waals surface area contributed by atoms with Crippen molar-refractivity contribution >= 4 is 28.9 Å². The van der Waals surface area contributed by atoms with Crippen LogP contribution in [0, 0.1) is 0 Å². The summed E-state index contributed by atoms with van der Waals surface area (Å²) >= 11 is 0. The van der Waals surface area contributed by atoms with Gasteiger partial charge in [-0.15, -0.1) is 0 Å². The number of nitrogens with zero attached hydrogens (tertiary/aromatic N) is 2. The fraction of sp³-hybridized carbons (Fsp3) is 0.333. The summed E-state index contributed by atoms with van der Waals surface area (Å²) in [6.07, 6.45) is 2.16. The first kappa shape index (κ1) is 17.4. The molecule has 4 rings (SSSR count). The molecule has 1 aliphatic heterocycles. The molecule has 2 aromatic carbocycles. The van der Waals surface area contributed by atoms with E-state index in [1.807, 2.05) is 31.2 Å². The zero-order valence-electron chi connectivity index (χ0n) is 15.7. The van der Waals surface area contributed by atoms with Crippen molar-refractivity contribution in [2.45, 2.75) is 31.8 Å².